The van der Waals surface area contributed by atoms with Crippen molar-refractivity contribution in [3.05, 3.63) is 0 Å². The van der Waals surface area contributed by atoms with E-state index in [0.717, 1.165) is 51.4 Å². The third-order valence-corrected chi connectivity index (χ3v) is 3.26. The van der Waals surface area contributed by atoms with Crippen LogP contribution in [0, 0.1) is 5.92 Å². The van der Waals surface area contributed by atoms with Crippen molar-refractivity contribution in [3.8, 4) is 0 Å². The van der Waals surface area contributed by atoms with Gasteiger partial charge in [0.15, 0.2) is 0 Å². The highest BCUT2D eigenvalue weighted by atomic mass is 16.3. The molecule has 0 aliphatic rings. The number of rotatable bonds is 11. The van der Waals surface area contributed by atoms with Gasteiger partial charge in [-0.3, -0.25) is 4.79 Å². The van der Waals surface area contributed by atoms with Crippen LogP contribution in [0.4, 0.5) is 0 Å². The lowest BCUT2D eigenvalue weighted by Crippen LogP contribution is -2.27. The number of hydrogen-bond acceptors (Lipinski definition) is 2. The lowest BCUT2D eigenvalue weighted by Gasteiger charge is -2.17. The van der Waals surface area contributed by atoms with Gasteiger partial charge in [0, 0.05) is 5.92 Å². The fourth-order valence-electron chi connectivity index (χ4n) is 2.09. The first-order valence-electron chi connectivity index (χ1n) is 7.09. The highest BCUT2D eigenvalue weighted by molar-refractivity contribution is 5.76. The summed E-state index contributed by atoms with van der Waals surface area (Å²) in [5.74, 6) is -0.395. The van der Waals surface area contributed by atoms with Crippen molar-refractivity contribution in [2.75, 3.05) is 0 Å². The third kappa shape index (κ3) is 9.16. The van der Waals surface area contributed by atoms with Gasteiger partial charge in [-0.2, -0.15) is 0 Å². The molecular formula is C14H29NO2. The van der Waals surface area contributed by atoms with E-state index in [0.29, 0.717) is 6.42 Å². The molecule has 102 valence electrons. The second-order valence-electron chi connectivity index (χ2n) is 4.98. The van der Waals surface area contributed by atoms with Gasteiger partial charge in [-0.15, -0.1) is 0 Å². The highest BCUT2D eigenvalue weighted by Gasteiger charge is 2.18. The summed E-state index contributed by atoms with van der Waals surface area (Å²) in [6.45, 7) is 4.28. The minimum atomic E-state index is -0.360. The molecule has 3 nitrogen and oxygen atoms in total. The summed E-state index contributed by atoms with van der Waals surface area (Å²) < 4.78 is 0. The molecule has 0 aromatic heterocycles. The highest BCUT2D eigenvalue weighted by Crippen LogP contribution is 2.18. The van der Waals surface area contributed by atoms with Gasteiger partial charge in [-0.1, -0.05) is 52.4 Å². The zero-order valence-electron chi connectivity index (χ0n) is 11.5. The Morgan fingerprint density at radius 2 is 1.59 bits per heavy atom. The summed E-state index contributed by atoms with van der Waals surface area (Å²) in [6.07, 6.45) is 8.46. The molecule has 0 saturated heterocycles. The van der Waals surface area contributed by atoms with Crippen molar-refractivity contribution in [2.24, 2.45) is 11.7 Å². The Labute approximate surface area is 106 Å². The van der Waals surface area contributed by atoms with Crippen LogP contribution in [-0.4, -0.2) is 17.1 Å². The van der Waals surface area contributed by atoms with Crippen LogP contribution in [0.5, 0.6) is 0 Å². The molecule has 0 radical (unpaired) electrons. The maximum atomic E-state index is 11.3. The maximum Gasteiger partial charge on any atom is 0.220 e. The van der Waals surface area contributed by atoms with Gasteiger partial charge in [-0.25, -0.2) is 0 Å². The standard InChI is InChI=1S/C14H29NO2/c1-3-5-7-9-12(14(15)17)11-13(16)10-8-6-4-2/h12-13,16H,3-11H2,1-2H3,(H2,15,17)/t12-,13-/m0/s1. The second kappa shape index (κ2) is 10.6. The fourth-order valence-corrected chi connectivity index (χ4v) is 2.09. The lowest BCUT2D eigenvalue weighted by molar-refractivity contribution is -0.123. The van der Waals surface area contributed by atoms with Gasteiger partial charge < -0.3 is 10.8 Å². The molecule has 0 unspecified atom stereocenters. The van der Waals surface area contributed by atoms with Crippen molar-refractivity contribution in [2.45, 2.75) is 77.7 Å². The molecule has 1 amide bonds. The largest absolute Gasteiger partial charge is 0.393 e. The topological polar surface area (TPSA) is 63.3 Å². The first-order chi connectivity index (χ1) is 8.11. The van der Waals surface area contributed by atoms with E-state index in [1.807, 2.05) is 0 Å². The first kappa shape index (κ1) is 16.4. The molecule has 0 aliphatic heterocycles. The molecule has 3 heteroatoms. The maximum absolute atomic E-state index is 11.3. The minimum Gasteiger partial charge on any atom is -0.393 e. The molecule has 0 aliphatic carbocycles. The average molecular weight is 243 g/mol. The Kier molecular flexibility index (Phi) is 10.2. The van der Waals surface area contributed by atoms with E-state index in [4.69, 9.17) is 5.73 Å². The van der Waals surface area contributed by atoms with Crippen LogP contribution in [0.3, 0.4) is 0 Å². The summed E-state index contributed by atoms with van der Waals surface area (Å²) in [5.41, 5.74) is 5.37. The number of nitrogens with two attached hydrogens (primary N) is 1. The van der Waals surface area contributed by atoms with Crippen LogP contribution in [-0.2, 0) is 4.79 Å². The number of hydrogen-bond donors (Lipinski definition) is 2. The van der Waals surface area contributed by atoms with Crippen molar-refractivity contribution >= 4 is 5.91 Å². The molecule has 2 atom stereocenters. The van der Waals surface area contributed by atoms with Gasteiger partial charge in [0.25, 0.3) is 0 Å². The first-order valence-corrected chi connectivity index (χ1v) is 7.09. The number of carbonyl (C=O) groups excluding carboxylic acids is 1. The minimum absolute atomic E-state index is 0.141. The zero-order valence-corrected chi connectivity index (χ0v) is 11.5. The van der Waals surface area contributed by atoms with Crippen molar-refractivity contribution in [1.29, 1.82) is 0 Å². The van der Waals surface area contributed by atoms with Gasteiger partial charge >= 0.3 is 0 Å². The zero-order chi connectivity index (χ0) is 13.1. The lowest BCUT2D eigenvalue weighted by atomic mass is 9.92. The molecule has 0 saturated carbocycles. The Morgan fingerprint density at radius 3 is 2.06 bits per heavy atom. The van der Waals surface area contributed by atoms with E-state index in [1.165, 1.54) is 0 Å². The number of carbonyl (C=O) groups is 1. The SMILES string of the molecule is CCCCC[C@H](O)C[C@H](CCCCC)C(N)=O. The van der Waals surface area contributed by atoms with Crippen LogP contribution >= 0.6 is 0 Å². The van der Waals surface area contributed by atoms with Crippen LogP contribution < -0.4 is 5.73 Å². The summed E-state index contributed by atoms with van der Waals surface area (Å²) in [4.78, 5) is 11.3. The van der Waals surface area contributed by atoms with Gasteiger partial charge in [0.1, 0.15) is 0 Å². The number of aliphatic hydroxyl groups excluding tert-OH is 1. The molecular weight excluding hydrogens is 214 g/mol. The predicted octanol–water partition coefficient (Wildman–Crippen LogP) is 3.00. The molecule has 0 aromatic carbocycles. The smallest absolute Gasteiger partial charge is 0.220 e. The predicted molar refractivity (Wildman–Crippen MR) is 71.6 cm³/mol. The van der Waals surface area contributed by atoms with Gasteiger partial charge in [-0.05, 0) is 19.3 Å². The van der Waals surface area contributed by atoms with E-state index in [-0.39, 0.29) is 17.9 Å². The third-order valence-electron chi connectivity index (χ3n) is 3.26. The Balaban J connectivity index is 3.85. The van der Waals surface area contributed by atoms with Gasteiger partial charge in [0.05, 0.1) is 6.10 Å². The average Bonchev–Trinajstić information content (AvgIpc) is 2.28. The van der Waals surface area contributed by atoms with E-state index in [9.17, 15) is 9.90 Å². The van der Waals surface area contributed by atoms with Crippen molar-refractivity contribution in [3.63, 3.8) is 0 Å². The van der Waals surface area contributed by atoms with Gasteiger partial charge in [0.2, 0.25) is 5.91 Å². The molecule has 0 bridgehead atoms. The van der Waals surface area contributed by atoms with Crippen molar-refractivity contribution < 1.29 is 9.90 Å². The number of primary amides is 1. The Hall–Kier alpha value is -0.570. The molecule has 0 heterocycles. The molecule has 0 rings (SSSR count). The van der Waals surface area contributed by atoms with Crippen LogP contribution in [0.25, 0.3) is 0 Å². The Morgan fingerprint density at radius 1 is 1.06 bits per heavy atom. The van der Waals surface area contributed by atoms with E-state index >= 15 is 0 Å². The normalized spacial score (nSPS) is 14.5. The summed E-state index contributed by atoms with van der Waals surface area (Å²) in [7, 11) is 0. The molecule has 0 fully saturated rings. The molecule has 3 N–H and O–H groups in total. The monoisotopic (exact) mass is 243 g/mol. The number of aliphatic hydroxyl groups is 1. The quantitative estimate of drug-likeness (QED) is 0.548. The second-order valence-corrected chi connectivity index (χ2v) is 4.98. The molecule has 0 spiro atoms. The molecule has 0 aromatic rings. The van der Waals surface area contributed by atoms with Crippen molar-refractivity contribution in [1.82, 2.24) is 0 Å². The number of unbranched alkanes of at least 4 members (excludes halogenated alkanes) is 4. The fraction of sp³-hybridized carbons (Fsp3) is 0.929. The van der Waals surface area contributed by atoms with E-state index in [2.05, 4.69) is 13.8 Å². The Bertz CT molecular complexity index is 195. The van der Waals surface area contributed by atoms with Crippen LogP contribution in [0.2, 0.25) is 0 Å². The number of amides is 1. The summed E-state index contributed by atoms with van der Waals surface area (Å²) in [6, 6.07) is 0. The van der Waals surface area contributed by atoms with Crippen LogP contribution in [0.15, 0.2) is 0 Å². The summed E-state index contributed by atoms with van der Waals surface area (Å²) >= 11 is 0. The van der Waals surface area contributed by atoms with E-state index < -0.39 is 0 Å². The summed E-state index contributed by atoms with van der Waals surface area (Å²) in [5, 5.41) is 9.84. The molecule has 17 heavy (non-hydrogen) atoms. The van der Waals surface area contributed by atoms with Crippen LogP contribution in [0.1, 0.15) is 71.6 Å². The van der Waals surface area contributed by atoms with E-state index in [1.54, 1.807) is 0 Å².